The summed E-state index contributed by atoms with van der Waals surface area (Å²) in [5, 5.41) is 8.31. The van der Waals surface area contributed by atoms with Gasteiger partial charge in [0.15, 0.2) is 5.03 Å². The molecule has 0 saturated carbocycles. The van der Waals surface area contributed by atoms with Crippen LogP contribution in [0.2, 0.25) is 0 Å². The van der Waals surface area contributed by atoms with E-state index in [9.17, 15) is 8.42 Å². The molecule has 0 saturated heterocycles. The van der Waals surface area contributed by atoms with E-state index >= 15 is 0 Å². The largest absolute Gasteiger partial charge is 0.396 e. The van der Waals surface area contributed by atoms with E-state index in [0.29, 0.717) is 6.42 Å². The summed E-state index contributed by atoms with van der Waals surface area (Å²) in [6.07, 6.45) is 2.06. The first kappa shape index (κ1) is 12.7. The molecule has 9 heteroatoms. The predicted octanol–water partition coefficient (Wildman–Crippen LogP) is 0.879. The molecule has 0 amide bonds. The first-order valence-corrected chi connectivity index (χ1v) is 7.38. The molecule has 0 spiro atoms. The topological polar surface area (TPSA) is 111 Å². The normalized spacial score (nSPS) is 11.4. The van der Waals surface area contributed by atoms with E-state index in [2.05, 4.69) is 19.9 Å². The molecule has 0 aromatic carbocycles. The molecule has 2 aromatic rings. The van der Waals surface area contributed by atoms with Crippen LogP contribution in [0.4, 0.5) is 10.8 Å². The minimum Gasteiger partial charge on any atom is -0.396 e. The summed E-state index contributed by atoms with van der Waals surface area (Å²) in [7, 11) is -3.82. The fourth-order valence-electron chi connectivity index (χ4n) is 1.23. The number of hydrogen-bond donors (Lipinski definition) is 2. The van der Waals surface area contributed by atoms with E-state index in [4.69, 9.17) is 5.73 Å². The van der Waals surface area contributed by atoms with Crippen molar-refractivity contribution in [2.24, 2.45) is 0 Å². The molecule has 2 aromatic heterocycles. The van der Waals surface area contributed by atoms with Crippen LogP contribution in [0.15, 0.2) is 23.4 Å². The lowest BCUT2D eigenvalue weighted by molar-refractivity contribution is 0.598. The van der Waals surface area contributed by atoms with Crippen molar-refractivity contribution < 1.29 is 8.42 Å². The van der Waals surface area contributed by atoms with Crippen molar-refractivity contribution in [2.75, 3.05) is 10.5 Å². The summed E-state index contributed by atoms with van der Waals surface area (Å²) in [5.74, 6) is 0. The van der Waals surface area contributed by atoms with Gasteiger partial charge in [-0.2, -0.15) is 8.42 Å². The summed E-state index contributed by atoms with van der Waals surface area (Å²) in [4.78, 5) is 3.75. The number of nitrogens with two attached hydrogens (primary N) is 1. The van der Waals surface area contributed by atoms with Gasteiger partial charge in [-0.05, 0) is 18.6 Å². The number of nitrogen functional groups attached to an aromatic ring is 1. The minimum atomic E-state index is -3.82. The number of sulfonamides is 1. The highest BCUT2D eigenvalue weighted by atomic mass is 32.2. The lowest BCUT2D eigenvalue weighted by Gasteiger charge is -2.05. The van der Waals surface area contributed by atoms with Crippen LogP contribution in [-0.4, -0.2) is 23.6 Å². The second-order valence-corrected chi connectivity index (χ2v) is 6.02. The van der Waals surface area contributed by atoms with Crippen LogP contribution in [0.5, 0.6) is 0 Å². The van der Waals surface area contributed by atoms with Crippen molar-refractivity contribution in [3.05, 3.63) is 23.3 Å². The second-order valence-electron chi connectivity index (χ2n) is 3.36. The molecule has 0 aliphatic carbocycles. The molecule has 96 valence electrons. The van der Waals surface area contributed by atoms with Crippen molar-refractivity contribution in [1.29, 1.82) is 0 Å². The molecule has 2 rings (SSSR count). The standard InChI is InChI=1S/C9H11N5O2S2/c1-2-7-12-13-9(17-7)14-18(15,16)8-6(10)4-3-5-11-8/h3-5H,2,10H2,1H3,(H,13,14). The zero-order valence-corrected chi connectivity index (χ0v) is 11.1. The zero-order valence-electron chi connectivity index (χ0n) is 9.49. The van der Waals surface area contributed by atoms with Gasteiger partial charge in [0.25, 0.3) is 10.0 Å². The Hall–Kier alpha value is -1.74. The highest BCUT2D eigenvalue weighted by Crippen LogP contribution is 2.21. The minimum absolute atomic E-state index is 0.0882. The Kier molecular flexibility index (Phi) is 3.43. The third-order valence-electron chi connectivity index (χ3n) is 2.05. The molecule has 0 bridgehead atoms. The molecule has 0 fully saturated rings. The van der Waals surface area contributed by atoms with Crippen molar-refractivity contribution in [3.8, 4) is 0 Å². The summed E-state index contributed by atoms with van der Waals surface area (Å²) in [6.45, 7) is 1.91. The molecule has 0 aliphatic rings. The van der Waals surface area contributed by atoms with Crippen LogP contribution in [0.1, 0.15) is 11.9 Å². The van der Waals surface area contributed by atoms with E-state index < -0.39 is 10.0 Å². The Morgan fingerprint density at radius 1 is 1.44 bits per heavy atom. The molecular weight excluding hydrogens is 274 g/mol. The highest BCUT2D eigenvalue weighted by molar-refractivity contribution is 7.93. The maximum atomic E-state index is 12.0. The van der Waals surface area contributed by atoms with Gasteiger partial charge in [0.1, 0.15) is 5.01 Å². The Labute approximate surface area is 108 Å². The number of aryl methyl sites for hydroxylation is 1. The molecule has 0 atom stereocenters. The van der Waals surface area contributed by atoms with Gasteiger partial charge < -0.3 is 5.73 Å². The first-order valence-electron chi connectivity index (χ1n) is 5.08. The third kappa shape index (κ3) is 2.57. The maximum Gasteiger partial charge on any atom is 0.283 e. The number of hydrogen-bond acceptors (Lipinski definition) is 7. The Bertz CT molecular complexity index is 652. The molecular formula is C9H11N5O2S2. The van der Waals surface area contributed by atoms with Gasteiger partial charge in [-0.15, -0.1) is 10.2 Å². The lowest BCUT2D eigenvalue weighted by atomic mass is 10.4. The number of aromatic nitrogens is 3. The number of rotatable bonds is 4. The molecule has 0 radical (unpaired) electrons. The number of nitrogens with one attached hydrogen (secondary N) is 1. The van der Waals surface area contributed by atoms with E-state index in [1.165, 1.54) is 23.6 Å². The van der Waals surface area contributed by atoms with Crippen LogP contribution < -0.4 is 10.5 Å². The Balaban J connectivity index is 2.30. The average molecular weight is 285 g/mol. The average Bonchev–Trinajstić information content (AvgIpc) is 2.76. The van der Waals surface area contributed by atoms with Crippen molar-refractivity contribution in [3.63, 3.8) is 0 Å². The summed E-state index contributed by atoms with van der Waals surface area (Å²) < 4.78 is 26.3. The van der Waals surface area contributed by atoms with Crippen LogP contribution in [-0.2, 0) is 16.4 Å². The van der Waals surface area contributed by atoms with E-state index in [-0.39, 0.29) is 15.8 Å². The van der Waals surface area contributed by atoms with Crippen molar-refractivity contribution in [2.45, 2.75) is 18.4 Å². The first-order chi connectivity index (χ1) is 8.53. The second kappa shape index (κ2) is 4.86. The molecule has 7 nitrogen and oxygen atoms in total. The predicted molar refractivity (Wildman–Crippen MR) is 68.7 cm³/mol. The van der Waals surface area contributed by atoms with Crippen LogP contribution in [0.3, 0.4) is 0 Å². The van der Waals surface area contributed by atoms with E-state index in [1.807, 2.05) is 6.92 Å². The Morgan fingerprint density at radius 3 is 2.83 bits per heavy atom. The number of anilines is 2. The monoisotopic (exact) mass is 285 g/mol. The summed E-state index contributed by atoms with van der Waals surface area (Å²) in [5.41, 5.74) is 5.67. The van der Waals surface area contributed by atoms with Gasteiger partial charge in [-0.25, -0.2) is 4.98 Å². The van der Waals surface area contributed by atoms with Gasteiger partial charge >= 0.3 is 0 Å². The third-order valence-corrected chi connectivity index (χ3v) is 4.47. The van der Waals surface area contributed by atoms with Crippen LogP contribution in [0, 0.1) is 0 Å². The highest BCUT2D eigenvalue weighted by Gasteiger charge is 2.20. The Morgan fingerprint density at radius 2 is 2.22 bits per heavy atom. The van der Waals surface area contributed by atoms with Crippen LogP contribution in [0.25, 0.3) is 0 Å². The fraction of sp³-hybridized carbons (Fsp3) is 0.222. The number of pyridine rings is 1. The molecule has 18 heavy (non-hydrogen) atoms. The quantitative estimate of drug-likeness (QED) is 0.862. The van der Waals surface area contributed by atoms with Crippen molar-refractivity contribution in [1.82, 2.24) is 15.2 Å². The van der Waals surface area contributed by atoms with E-state index in [0.717, 1.165) is 5.01 Å². The summed E-state index contributed by atoms with van der Waals surface area (Å²) >= 11 is 1.18. The molecule has 3 N–H and O–H groups in total. The fourth-order valence-corrected chi connectivity index (χ4v) is 3.20. The van der Waals surface area contributed by atoms with E-state index in [1.54, 1.807) is 6.07 Å². The van der Waals surface area contributed by atoms with Crippen molar-refractivity contribution >= 4 is 32.2 Å². The van der Waals surface area contributed by atoms with Gasteiger partial charge in [0.05, 0.1) is 5.69 Å². The van der Waals surface area contributed by atoms with Gasteiger partial charge in [-0.3, -0.25) is 4.72 Å². The van der Waals surface area contributed by atoms with Gasteiger partial charge in [0.2, 0.25) is 5.13 Å². The maximum absolute atomic E-state index is 12.0. The number of nitrogens with zero attached hydrogens (tertiary/aromatic N) is 3. The molecule has 0 aliphatic heterocycles. The summed E-state index contributed by atoms with van der Waals surface area (Å²) in [6, 6.07) is 3.04. The lowest BCUT2D eigenvalue weighted by Crippen LogP contribution is -2.16. The SMILES string of the molecule is CCc1nnc(NS(=O)(=O)c2ncccc2N)s1. The zero-order chi connectivity index (χ0) is 13.2. The van der Waals surface area contributed by atoms with Gasteiger partial charge in [0, 0.05) is 6.20 Å². The van der Waals surface area contributed by atoms with Gasteiger partial charge in [-0.1, -0.05) is 18.3 Å². The molecule has 0 unspecified atom stereocenters. The smallest absolute Gasteiger partial charge is 0.283 e. The molecule has 2 heterocycles. The van der Waals surface area contributed by atoms with Crippen LogP contribution >= 0.6 is 11.3 Å².